The Morgan fingerprint density at radius 3 is 2.53 bits per heavy atom. The highest BCUT2D eigenvalue weighted by molar-refractivity contribution is 5.70. The smallest absolute Gasteiger partial charge is 0.332 e. The van der Waals surface area contributed by atoms with Crippen LogP contribution < -0.4 is 0 Å². The number of unbranched alkanes of at least 4 members (excludes halogenated alkanes) is 3. The van der Waals surface area contributed by atoms with Crippen LogP contribution in [0.3, 0.4) is 0 Å². The summed E-state index contributed by atoms with van der Waals surface area (Å²) in [4.78, 5) is 11.0. The normalized spacial score (nSPS) is 10.4. The molecule has 0 fully saturated rings. The van der Waals surface area contributed by atoms with Crippen LogP contribution in [0.1, 0.15) is 38.2 Å². The van der Waals surface area contributed by atoms with Crippen LogP contribution in [0.5, 0.6) is 0 Å². The van der Waals surface area contributed by atoms with E-state index in [1.165, 1.54) is 18.4 Å². The van der Waals surface area contributed by atoms with Crippen molar-refractivity contribution in [1.82, 2.24) is 0 Å². The topological polar surface area (TPSA) is 35.5 Å². The summed E-state index contributed by atoms with van der Waals surface area (Å²) in [5.74, 6) is -0.272. The third-order valence-corrected chi connectivity index (χ3v) is 2.87. The molecule has 19 heavy (non-hydrogen) atoms. The molecular formula is C16H24O3. The lowest BCUT2D eigenvalue weighted by Gasteiger charge is -2.04. The van der Waals surface area contributed by atoms with Gasteiger partial charge in [-0.25, -0.2) is 4.79 Å². The molecule has 0 heterocycles. The second kappa shape index (κ2) is 10.6. The number of ether oxygens (including phenoxy) is 2. The van der Waals surface area contributed by atoms with Gasteiger partial charge in [0.15, 0.2) is 0 Å². The van der Waals surface area contributed by atoms with Crippen molar-refractivity contribution in [2.45, 2.75) is 39.0 Å². The molecule has 3 heteroatoms. The zero-order chi connectivity index (χ0) is 13.8. The minimum Gasteiger partial charge on any atom is -0.464 e. The monoisotopic (exact) mass is 264 g/mol. The zero-order valence-corrected chi connectivity index (χ0v) is 11.8. The van der Waals surface area contributed by atoms with E-state index in [1.807, 2.05) is 6.07 Å². The first kappa shape index (κ1) is 15.7. The molecule has 0 aromatic heterocycles. The summed E-state index contributed by atoms with van der Waals surface area (Å²) in [5, 5.41) is 0. The van der Waals surface area contributed by atoms with Gasteiger partial charge in [-0.15, -0.1) is 0 Å². The van der Waals surface area contributed by atoms with E-state index in [0.717, 1.165) is 19.3 Å². The average Bonchev–Trinajstić information content (AvgIpc) is 2.43. The SMILES string of the molecule is CCOC(=O)COCCCCCCc1ccccc1. The van der Waals surface area contributed by atoms with Crippen molar-refractivity contribution < 1.29 is 14.3 Å². The fourth-order valence-corrected chi connectivity index (χ4v) is 1.89. The maximum Gasteiger partial charge on any atom is 0.332 e. The minimum absolute atomic E-state index is 0.0812. The number of carbonyl (C=O) groups is 1. The van der Waals surface area contributed by atoms with Gasteiger partial charge in [-0.1, -0.05) is 43.2 Å². The van der Waals surface area contributed by atoms with Crippen LogP contribution in [0.2, 0.25) is 0 Å². The molecule has 0 atom stereocenters. The molecule has 0 radical (unpaired) electrons. The Morgan fingerprint density at radius 2 is 1.79 bits per heavy atom. The molecule has 1 rings (SSSR count). The molecule has 0 bridgehead atoms. The Bertz CT molecular complexity index is 335. The average molecular weight is 264 g/mol. The van der Waals surface area contributed by atoms with E-state index in [-0.39, 0.29) is 12.6 Å². The molecule has 0 amide bonds. The molecule has 0 aliphatic carbocycles. The van der Waals surface area contributed by atoms with Gasteiger partial charge in [-0.2, -0.15) is 0 Å². The van der Waals surface area contributed by atoms with Crippen LogP contribution in [0, 0.1) is 0 Å². The summed E-state index contributed by atoms with van der Waals surface area (Å²) in [6, 6.07) is 10.5. The minimum atomic E-state index is -0.272. The van der Waals surface area contributed by atoms with Gasteiger partial charge in [-0.05, 0) is 31.7 Å². The predicted molar refractivity (Wildman–Crippen MR) is 76.1 cm³/mol. The molecule has 3 nitrogen and oxygen atoms in total. The van der Waals surface area contributed by atoms with Crippen LogP contribution in [-0.2, 0) is 20.7 Å². The predicted octanol–water partition coefficient (Wildman–Crippen LogP) is 3.37. The van der Waals surface area contributed by atoms with Crippen LogP contribution in [0.25, 0.3) is 0 Å². The highest BCUT2D eigenvalue weighted by Gasteiger charge is 2.00. The van der Waals surface area contributed by atoms with Crippen molar-refractivity contribution >= 4 is 5.97 Å². The standard InChI is InChI=1S/C16H24O3/c1-2-19-16(17)14-18-13-9-4-3-6-10-15-11-7-5-8-12-15/h5,7-8,11-12H,2-4,6,9-10,13-14H2,1H3. The van der Waals surface area contributed by atoms with E-state index in [0.29, 0.717) is 13.2 Å². The Balaban J connectivity index is 1.88. The van der Waals surface area contributed by atoms with E-state index in [1.54, 1.807) is 6.92 Å². The number of esters is 1. The van der Waals surface area contributed by atoms with Crippen molar-refractivity contribution in [2.24, 2.45) is 0 Å². The van der Waals surface area contributed by atoms with Crippen molar-refractivity contribution in [3.8, 4) is 0 Å². The molecule has 0 saturated heterocycles. The van der Waals surface area contributed by atoms with Gasteiger partial charge in [0.2, 0.25) is 0 Å². The zero-order valence-electron chi connectivity index (χ0n) is 11.8. The summed E-state index contributed by atoms with van der Waals surface area (Å²) in [6.07, 6.45) is 5.72. The van der Waals surface area contributed by atoms with E-state index in [2.05, 4.69) is 24.3 Å². The van der Waals surface area contributed by atoms with E-state index >= 15 is 0 Å². The molecule has 0 aliphatic rings. The molecule has 1 aromatic carbocycles. The largest absolute Gasteiger partial charge is 0.464 e. The summed E-state index contributed by atoms with van der Waals surface area (Å²) in [7, 11) is 0. The molecule has 0 aliphatic heterocycles. The van der Waals surface area contributed by atoms with Crippen LogP contribution in [0.15, 0.2) is 30.3 Å². The lowest BCUT2D eigenvalue weighted by Crippen LogP contribution is -2.12. The van der Waals surface area contributed by atoms with E-state index in [4.69, 9.17) is 9.47 Å². The number of hydrogen-bond donors (Lipinski definition) is 0. The summed E-state index contributed by atoms with van der Waals surface area (Å²) >= 11 is 0. The number of carbonyl (C=O) groups excluding carboxylic acids is 1. The quantitative estimate of drug-likeness (QED) is 0.480. The fourth-order valence-electron chi connectivity index (χ4n) is 1.89. The Hall–Kier alpha value is -1.35. The van der Waals surface area contributed by atoms with Crippen molar-refractivity contribution in [3.05, 3.63) is 35.9 Å². The number of hydrogen-bond acceptors (Lipinski definition) is 3. The lowest BCUT2D eigenvalue weighted by atomic mass is 10.1. The molecule has 0 saturated carbocycles. The lowest BCUT2D eigenvalue weighted by molar-refractivity contribution is -0.148. The first-order valence-corrected chi connectivity index (χ1v) is 7.10. The van der Waals surface area contributed by atoms with Crippen molar-refractivity contribution in [3.63, 3.8) is 0 Å². The van der Waals surface area contributed by atoms with Gasteiger partial charge < -0.3 is 9.47 Å². The molecular weight excluding hydrogens is 240 g/mol. The maximum atomic E-state index is 11.0. The molecule has 1 aromatic rings. The first-order valence-electron chi connectivity index (χ1n) is 7.10. The van der Waals surface area contributed by atoms with Crippen molar-refractivity contribution in [1.29, 1.82) is 0 Å². The van der Waals surface area contributed by atoms with Crippen LogP contribution in [0.4, 0.5) is 0 Å². The Kier molecular flexibility index (Phi) is 8.73. The van der Waals surface area contributed by atoms with Gasteiger partial charge >= 0.3 is 5.97 Å². The van der Waals surface area contributed by atoms with Gasteiger partial charge in [0.05, 0.1) is 6.61 Å². The molecule has 0 spiro atoms. The van der Waals surface area contributed by atoms with Gasteiger partial charge in [0, 0.05) is 6.61 Å². The summed E-state index contributed by atoms with van der Waals surface area (Å²) in [6.45, 7) is 2.94. The van der Waals surface area contributed by atoms with Crippen LogP contribution in [-0.4, -0.2) is 25.8 Å². The number of aryl methyl sites for hydroxylation is 1. The van der Waals surface area contributed by atoms with Crippen molar-refractivity contribution in [2.75, 3.05) is 19.8 Å². The maximum absolute atomic E-state index is 11.0. The number of rotatable bonds is 10. The van der Waals surface area contributed by atoms with E-state index < -0.39 is 0 Å². The molecule has 0 unspecified atom stereocenters. The highest BCUT2D eigenvalue weighted by atomic mass is 16.6. The second-order valence-corrected chi connectivity index (χ2v) is 4.51. The number of benzene rings is 1. The fraction of sp³-hybridized carbons (Fsp3) is 0.562. The Morgan fingerprint density at radius 1 is 1.05 bits per heavy atom. The summed E-state index contributed by atoms with van der Waals surface area (Å²) in [5.41, 5.74) is 1.40. The second-order valence-electron chi connectivity index (χ2n) is 4.51. The molecule has 0 N–H and O–H groups in total. The van der Waals surface area contributed by atoms with Gasteiger partial charge in [-0.3, -0.25) is 0 Å². The first-order chi connectivity index (χ1) is 9.33. The van der Waals surface area contributed by atoms with Gasteiger partial charge in [0.25, 0.3) is 0 Å². The third kappa shape index (κ3) is 8.38. The van der Waals surface area contributed by atoms with E-state index in [9.17, 15) is 4.79 Å². The molecule has 106 valence electrons. The Labute approximate surface area is 115 Å². The van der Waals surface area contributed by atoms with Gasteiger partial charge in [0.1, 0.15) is 6.61 Å². The summed E-state index contributed by atoms with van der Waals surface area (Å²) < 4.78 is 10.0. The highest BCUT2D eigenvalue weighted by Crippen LogP contribution is 2.07. The third-order valence-electron chi connectivity index (χ3n) is 2.87. The van der Waals surface area contributed by atoms with Crippen LogP contribution >= 0.6 is 0 Å².